The van der Waals surface area contributed by atoms with Crippen LogP contribution in [0.4, 0.5) is 13.2 Å². The molecule has 0 fully saturated rings. The molecule has 0 atom stereocenters. The lowest BCUT2D eigenvalue weighted by Crippen LogP contribution is -2.19. The molecule has 0 aliphatic rings. The van der Waals surface area contributed by atoms with Crippen molar-refractivity contribution in [3.8, 4) is 22.6 Å². The van der Waals surface area contributed by atoms with Crippen molar-refractivity contribution in [2.24, 2.45) is 0 Å². The van der Waals surface area contributed by atoms with Crippen LogP contribution in [0.2, 0.25) is 0 Å². The number of rotatable bonds is 5. The van der Waals surface area contributed by atoms with Crippen LogP contribution in [0.1, 0.15) is 17.4 Å². The lowest BCUT2D eigenvalue weighted by atomic mass is 10.1. The molecule has 9 heteroatoms. The molecule has 4 rings (SSSR count). The predicted molar refractivity (Wildman–Crippen MR) is 95.6 cm³/mol. The Kier molecular flexibility index (Phi) is 4.21. The van der Waals surface area contributed by atoms with Crippen molar-refractivity contribution in [2.45, 2.75) is 19.4 Å². The zero-order valence-corrected chi connectivity index (χ0v) is 14.7. The molecule has 1 aromatic carbocycles. The van der Waals surface area contributed by atoms with E-state index in [0.717, 1.165) is 6.92 Å². The van der Waals surface area contributed by atoms with E-state index in [9.17, 15) is 18.0 Å². The van der Waals surface area contributed by atoms with Crippen LogP contribution >= 0.6 is 0 Å². The van der Waals surface area contributed by atoms with Crippen LogP contribution in [0.5, 0.6) is 0 Å². The molecule has 0 bridgehead atoms. The minimum atomic E-state index is -2.98. The maximum absolute atomic E-state index is 13.7. The van der Waals surface area contributed by atoms with Crippen molar-refractivity contribution in [3.63, 3.8) is 0 Å². The highest BCUT2D eigenvalue weighted by Crippen LogP contribution is 2.32. The summed E-state index contributed by atoms with van der Waals surface area (Å²) >= 11 is 0. The summed E-state index contributed by atoms with van der Waals surface area (Å²) in [6.45, 7) is 0.200. The van der Waals surface area contributed by atoms with Gasteiger partial charge in [0.1, 0.15) is 17.2 Å². The van der Waals surface area contributed by atoms with E-state index in [1.807, 2.05) is 0 Å². The molecule has 0 spiro atoms. The van der Waals surface area contributed by atoms with E-state index in [1.165, 1.54) is 45.9 Å². The monoisotopic (exact) mass is 385 g/mol. The molecule has 0 N–H and O–H groups in total. The van der Waals surface area contributed by atoms with E-state index in [2.05, 4.69) is 15.1 Å². The average Bonchev–Trinajstić information content (AvgIpc) is 3.24. The number of alkyl halides is 2. The van der Waals surface area contributed by atoms with Crippen LogP contribution in [-0.4, -0.2) is 36.4 Å². The second kappa shape index (κ2) is 6.59. The molecule has 3 aromatic heterocycles. The number of halogens is 3. The highest BCUT2D eigenvalue weighted by molar-refractivity contribution is 5.78. The van der Waals surface area contributed by atoms with E-state index >= 15 is 0 Å². The summed E-state index contributed by atoms with van der Waals surface area (Å²) in [5, 5.41) is 4.39. The molecule has 0 saturated carbocycles. The number of hydrogen-bond donors (Lipinski definition) is 0. The number of imidazole rings is 2. The SMILES string of the molecule is CC(F)(F)Cn1cnc(-c2ccc(F)cc2)c1-c1ccc2ncc(C=O)n2n1. The normalized spacial score (nSPS) is 11.9. The molecule has 0 radical (unpaired) electrons. The Morgan fingerprint density at radius 3 is 2.54 bits per heavy atom. The summed E-state index contributed by atoms with van der Waals surface area (Å²) in [5.41, 5.74) is 2.27. The van der Waals surface area contributed by atoms with E-state index in [-0.39, 0.29) is 5.69 Å². The van der Waals surface area contributed by atoms with Gasteiger partial charge >= 0.3 is 0 Å². The van der Waals surface area contributed by atoms with Gasteiger partial charge in [0.2, 0.25) is 0 Å². The fourth-order valence-corrected chi connectivity index (χ4v) is 2.99. The van der Waals surface area contributed by atoms with Crippen molar-refractivity contribution in [3.05, 3.63) is 60.4 Å². The van der Waals surface area contributed by atoms with Gasteiger partial charge in [-0.1, -0.05) is 0 Å². The number of carbonyl (C=O) groups is 1. The zero-order chi connectivity index (χ0) is 19.9. The highest BCUT2D eigenvalue weighted by Gasteiger charge is 2.26. The van der Waals surface area contributed by atoms with Crippen LogP contribution in [0.3, 0.4) is 0 Å². The maximum atomic E-state index is 13.7. The summed E-state index contributed by atoms with van der Waals surface area (Å²) in [6.07, 6.45) is 3.28. The van der Waals surface area contributed by atoms with Gasteiger partial charge in [-0.25, -0.2) is 27.7 Å². The van der Waals surface area contributed by atoms with Crippen LogP contribution in [0, 0.1) is 5.82 Å². The fraction of sp³-hybridized carbons (Fsp3) is 0.158. The number of fused-ring (bicyclic) bond motifs is 1. The lowest BCUT2D eigenvalue weighted by molar-refractivity contribution is 0.00429. The first-order valence-electron chi connectivity index (χ1n) is 8.35. The molecule has 28 heavy (non-hydrogen) atoms. The summed E-state index contributed by atoms with van der Waals surface area (Å²) in [5.74, 6) is -3.40. The maximum Gasteiger partial charge on any atom is 0.262 e. The molecular formula is C19H14F3N5O. The molecule has 0 unspecified atom stereocenters. The van der Waals surface area contributed by atoms with Gasteiger partial charge in [0, 0.05) is 12.5 Å². The molecular weight excluding hydrogens is 371 g/mol. The third-order valence-corrected chi connectivity index (χ3v) is 4.16. The van der Waals surface area contributed by atoms with Gasteiger partial charge in [-0.3, -0.25) is 4.79 Å². The topological polar surface area (TPSA) is 65.1 Å². The standard InChI is InChI=1S/C19H14F3N5O/c1-19(21,22)10-26-11-24-17(12-2-4-13(20)5-3-12)18(26)15-6-7-16-23-8-14(9-28)27(16)25-15/h2-9,11H,10H2,1H3. The predicted octanol–water partition coefficient (Wildman–Crippen LogP) is 3.87. The summed E-state index contributed by atoms with van der Waals surface area (Å²) in [7, 11) is 0. The Morgan fingerprint density at radius 1 is 1.11 bits per heavy atom. The molecule has 0 amide bonds. The Bertz CT molecular complexity index is 1160. The summed E-state index contributed by atoms with van der Waals surface area (Å²) in [6, 6.07) is 8.81. The van der Waals surface area contributed by atoms with E-state index in [0.29, 0.717) is 34.6 Å². The molecule has 3 heterocycles. The van der Waals surface area contributed by atoms with Crippen molar-refractivity contribution >= 4 is 11.9 Å². The van der Waals surface area contributed by atoms with Crippen LogP contribution in [0.25, 0.3) is 28.3 Å². The van der Waals surface area contributed by atoms with Crippen LogP contribution < -0.4 is 0 Å². The smallest absolute Gasteiger partial charge is 0.262 e. The fourth-order valence-electron chi connectivity index (χ4n) is 2.99. The highest BCUT2D eigenvalue weighted by atomic mass is 19.3. The number of hydrogen-bond acceptors (Lipinski definition) is 4. The van der Waals surface area contributed by atoms with Crippen molar-refractivity contribution in [1.82, 2.24) is 24.1 Å². The van der Waals surface area contributed by atoms with E-state index in [4.69, 9.17) is 0 Å². The summed E-state index contributed by atoms with van der Waals surface area (Å²) < 4.78 is 43.3. The van der Waals surface area contributed by atoms with Crippen molar-refractivity contribution < 1.29 is 18.0 Å². The second-order valence-electron chi connectivity index (χ2n) is 6.44. The largest absolute Gasteiger partial charge is 0.323 e. The third kappa shape index (κ3) is 3.26. The molecule has 6 nitrogen and oxygen atoms in total. The first-order valence-corrected chi connectivity index (χ1v) is 8.35. The quantitative estimate of drug-likeness (QED) is 0.489. The average molecular weight is 385 g/mol. The molecule has 4 aromatic rings. The third-order valence-electron chi connectivity index (χ3n) is 4.16. The number of aromatic nitrogens is 5. The number of aldehydes is 1. The van der Waals surface area contributed by atoms with E-state index < -0.39 is 18.3 Å². The Labute approximate surface area is 157 Å². The van der Waals surface area contributed by atoms with Gasteiger partial charge in [0.25, 0.3) is 5.92 Å². The van der Waals surface area contributed by atoms with Crippen LogP contribution in [-0.2, 0) is 6.54 Å². The first kappa shape index (κ1) is 17.9. The van der Waals surface area contributed by atoms with Gasteiger partial charge in [-0.2, -0.15) is 5.10 Å². The number of benzene rings is 1. The van der Waals surface area contributed by atoms with Gasteiger partial charge in [0.05, 0.1) is 30.5 Å². The van der Waals surface area contributed by atoms with Gasteiger partial charge in [-0.05, 0) is 36.4 Å². The first-order chi connectivity index (χ1) is 13.4. The van der Waals surface area contributed by atoms with Crippen molar-refractivity contribution in [2.75, 3.05) is 0 Å². The van der Waals surface area contributed by atoms with Crippen LogP contribution in [0.15, 0.2) is 48.9 Å². The Hall–Kier alpha value is -3.49. The minimum Gasteiger partial charge on any atom is -0.323 e. The van der Waals surface area contributed by atoms with Gasteiger partial charge < -0.3 is 4.57 Å². The van der Waals surface area contributed by atoms with Gasteiger partial charge in [-0.15, -0.1) is 0 Å². The van der Waals surface area contributed by atoms with E-state index in [1.54, 1.807) is 12.1 Å². The zero-order valence-electron chi connectivity index (χ0n) is 14.7. The van der Waals surface area contributed by atoms with Crippen molar-refractivity contribution in [1.29, 1.82) is 0 Å². The Balaban J connectivity index is 1.93. The molecule has 0 aliphatic carbocycles. The second-order valence-corrected chi connectivity index (χ2v) is 6.44. The molecule has 142 valence electrons. The number of nitrogens with zero attached hydrogens (tertiary/aromatic N) is 5. The summed E-state index contributed by atoms with van der Waals surface area (Å²) in [4.78, 5) is 19.5. The Morgan fingerprint density at radius 2 is 1.86 bits per heavy atom. The van der Waals surface area contributed by atoms with Gasteiger partial charge in [0.15, 0.2) is 11.9 Å². The molecule has 0 saturated heterocycles. The minimum absolute atomic E-state index is 0.229. The molecule has 0 aliphatic heterocycles. The lowest BCUT2D eigenvalue weighted by Gasteiger charge is -2.14. The number of carbonyl (C=O) groups excluding carboxylic acids is 1.